The van der Waals surface area contributed by atoms with E-state index in [1.54, 1.807) is 23.2 Å². The summed E-state index contributed by atoms with van der Waals surface area (Å²) >= 11 is 6.10. The van der Waals surface area contributed by atoms with E-state index in [9.17, 15) is 4.79 Å². The number of hydrogen-bond donors (Lipinski definition) is 1. The highest BCUT2D eigenvalue weighted by atomic mass is 35.5. The summed E-state index contributed by atoms with van der Waals surface area (Å²) in [5.74, 6) is 0.445. The Morgan fingerprint density at radius 2 is 2.18 bits per heavy atom. The van der Waals surface area contributed by atoms with Gasteiger partial charge in [-0.2, -0.15) is 5.10 Å². The molecule has 0 radical (unpaired) electrons. The highest BCUT2D eigenvalue weighted by Gasteiger charge is 2.17. The zero-order chi connectivity index (χ0) is 19.5. The maximum absolute atomic E-state index is 12.9. The number of aromatic nitrogens is 4. The van der Waals surface area contributed by atoms with E-state index in [0.717, 1.165) is 23.9 Å². The van der Waals surface area contributed by atoms with Crippen LogP contribution in [0.3, 0.4) is 0 Å². The number of aromatic amines is 1. The van der Waals surface area contributed by atoms with Gasteiger partial charge in [0.25, 0.3) is 5.91 Å². The van der Waals surface area contributed by atoms with Crippen LogP contribution in [-0.4, -0.2) is 50.7 Å². The minimum atomic E-state index is -0.0759. The van der Waals surface area contributed by atoms with E-state index in [1.165, 1.54) is 0 Å². The van der Waals surface area contributed by atoms with Crippen molar-refractivity contribution >= 4 is 40.7 Å². The first-order valence-electron chi connectivity index (χ1n) is 9.26. The number of halogens is 1. The molecule has 28 heavy (non-hydrogen) atoms. The second-order valence-electron chi connectivity index (χ2n) is 6.52. The summed E-state index contributed by atoms with van der Waals surface area (Å²) in [6.07, 6.45) is 6.87. The van der Waals surface area contributed by atoms with Crippen LogP contribution in [0.15, 0.2) is 24.4 Å². The normalized spacial score (nSPS) is 15.2. The zero-order valence-corrected chi connectivity index (χ0v) is 16.2. The first kappa shape index (κ1) is 18.4. The Bertz CT molecular complexity index is 1050. The van der Waals surface area contributed by atoms with Crippen LogP contribution < -0.4 is 4.74 Å². The molecule has 1 amide bonds. The number of carbonyl (C=O) groups excluding carboxylic acids is 1. The lowest BCUT2D eigenvalue weighted by molar-refractivity contribution is 0.0754. The molecule has 0 unspecified atom stereocenters. The summed E-state index contributed by atoms with van der Waals surface area (Å²) < 4.78 is 5.85. The van der Waals surface area contributed by atoms with Crippen LogP contribution in [0.4, 0.5) is 0 Å². The molecule has 144 valence electrons. The van der Waals surface area contributed by atoms with E-state index in [2.05, 4.69) is 20.2 Å². The zero-order valence-electron chi connectivity index (χ0n) is 15.5. The van der Waals surface area contributed by atoms with Gasteiger partial charge in [0.2, 0.25) is 5.88 Å². The monoisotopic (exact) mass is 397 g/mol. The lowest BCUT2D eigenvalue weighted by atomic mass is 10.2. The number of nitrogens with zero attached hydrogens (tertiary/aromatic N) is 4. The minimum Gasteiger partial charge on any atom is -0.477 e. The maximum Gasteiger partial charge on any atom is 0.272 e. The van der Waals surface area contributed by atoms with Gasteiger partial charge in [-0.3, -0.25) is 9.89 Å². The van der Waals surface area contributed by atoms with E-state index >= 15 is 0 Å². The van der Waals surface area contributed by atoms with Gasteiger partial charge in [-0.05, 0) is 50.1 Å². The molecule has 1 aliphatic rings. The van der Waals surface area contributed by atoms with E-state index in [-0.39, 0.29) is 5.91 Å². The van der Waals surface area contributed by atoms with Gasteiger partial charge in [-0.1, -0.05) is 11.6 Å². The first-order chi connectivity index (χ1) is 13.7. The molecule has 1 N–H and O–H groups in total. The Labute approximate surface area is 167 Å². The Hall–Kier alpha value is -2.93. The molecule has 0 saturated carbocycles. The Balaban J connectivity index is 1.80. The van der Waals surface area contributed by atoms with Crippen LogP contribution in [0.2, 0.25) is 5.02 Å². The molecule has 4 rings (SSSR count). The lowest BCUT2D eigenvalue weighted by Crippen LogP contribution is -2.32. The fraction of sp³-hybridized carbons (Fsp3) is 0.300. The van der Waals surface area contributed by atoms with Gasteiger partial charge in [-0.15, -0.1) is 0 Å². The molecule has 0 fully saturated rings. The lowest BCUT2D eigenvalue weighted by Gasteiger charge is -2.20. The van der Waals surface area contributed by atoms with Crippen LogP contribution in [0.5, 0.6) is 5.88 Å². The van der Waals surface area contributed by atoms with Gasteiger partial charge in [0, 0.05) is 24.8 Å². The van der Waals surface area contributed by atoms with Crippen molar-refractivity contribution in [2.24, 2.45) is 0 Å². The summed E-state index contributed by atoms with van der Waals surface area (Å²) in [6.45, 7) is 3.76. The fourth-order valence-electron chi connectivity index (χ4n) is 3.14. The molecule has 1 aliphatic heterocycles. The molecular formula is C20H20ClN5O2. The molecule has 0 spiro atoms. The molecule has 0 aliphatic carbocycles. The number of nitrogens with one attached hydrogen (secondary N) is 1. The van der Waals surface area contributed by atoms with Crippen LogP contribution in [0, 0.1) is 0 Å². The summed E-state index contributed by atoms with van der Waals surface area (Å²) in [7, 11) is 0. The van der Waals surface area contributed by atoms with Crippen molar-refractivity contribution in [1.82, 2.24) is 25.1 Å². The van der Waals surface area contributed by atoms with Crippen molar-refractivity contribution in [3.05, 3.63) is 46.4 Å². The van der Waals surface area contributed by atoms with Gasteiger partial charge in [-0.25, -0.2) is 9.97 Å². The average Bonchev–Trinajstić information content (AvgIpc) is 3.11. The van der Waals surface area contributed by atoms with Gasteiger partial charge < -0.3 is 9.64 Å². The number of carbonyl (C=O) groups is 1. The summed E-state index contributed by atoms with van der Waals surface area (Å²) in [5, 5.41) is 7.79. The van der Waals surface area contributed by atoms with Gasteiger partial charge in [0.05, 0.1) is 17.1 Å². The van der Waals surface area contributed by atoms with Crippen LogP contribution in [0.25, 0.3) is 23.2 Å². The third-order valence-electron chi connectivity index (χ3n) is 4.65. The van der Waals surface area contributed by atoms with Crippen LogP contribution in [-0.2, 0) is 0 Å². The maximum atomic E-state index is 12.9. The number of H-pyrrole nitrogens is 1. The molecule has 0 aromatic carbocycles. The molecule has 2 bridgehead atoms. The van der Waals surface area contributed by atoms with Crippen molar-refractivity contribution < 1.29 is 9.53 Å². The van der Waals surface area contributed by atoms with Crippen molar-refractivity contribution in [2.45, 2.75) is 19.8 Å². The third kappa shape index (κ3) is 3.71. The second-order valence-corrected chi connectivity index (χ2v) is 6.96. The predicted octanol–water partition coefficient (Wildman–Crippen LogP) is 3.81. The molecule has 8 heteroatoms. The molecule has 0 atom stereocenters. The summed E-state index contributed by atoms with van der Waals surface area (Å²) in [5.41, 5.74) is 3.23. The standard InChI is InChI=1S/C20H20ClN5O2/c1-2-26-9-3-4-10-28-19-13(11-14(21)12-22-19)5-6-15-18-16(25-24-15)7-8-17(23-18)20(26)27/h5-8,11-12H,2-4,9-10H2,1H3,(H,24,25). The van der Waals surface area contributed by atoms with E-state index in [4.69, 9.17) is 16.3 Å². The number of amides is 1. The summed E-state index contributed by atoms with van der Waals surface area (Å²) in [6, 6.07) is 5.37. The SMILES string of the molecule is CCN1CCCCOc2ncc(Cl)cc2C=Cc2n[nH]c3ccc(nc23)C1=O. The topological polar surface area (TPSA) is 84.0 Å². The quantitative estimate of drug-likeness (QED) is 0.675. The average molecular weight is 398 g/mol. The predicted molar refractivity (Wildman–Crippen MR) is 108 cm³/mol. The largest absolute Gasteiger partial charge is 0.477 e. The number of ether oxygens (including phenoxy) is 1. The Morgan fingerprint density at radius 1 is 1.29 bits per heavy atom. The van der Waals surface area contributed by atoms with Crippen molar-refractivity contribution in [3.63, 3.8) is 0 Å². The molecular weight excluding hydrogens is 378 g/mol. The molecule has 0 saturated heterocycles. The number of rotatable bonds is 1. The van der Waals surface area contributed by atoms with E-state index in [0.29, 0.717) is 47.5 Å². The highest BCUT2D eigenvalue weighted by Crippen LogP contribution is 2.24. The third-order valence-corrected chi connectivity index (χ3v) is 4.86. The van der Waals surface area contributed by atoms with Crippen molar-refractivity contribution in [2.75, 3.05) is 19.7 Å². The van der Waals surface area contributed by atoms with Crippen LogP contribution >= 0.6 is 11.6 Å². The fourth-order valence-corrected chi connectivity index (χ4v) is 3.31. The second kappa shape index (κ2) is 7.98. The highest BCUT2D eigenvalue weighted by molar-refractivity contribution is 6.30. The first-order valence-corrected chi connectivity index (χ1v) is 9.64. The van der Waals surface area contributed by atoms with Crippen molar-refractivity contribution in [3.8, 4) is 5.88 Å². The van der Waals surface area contributed by atoms with Crippen molar-refractivity contribution in [1.29, 1.82) is 0 Å². The van der Waals surface area contributed by atoms with Gasteiger partial charge in [0.15, 0.2) is 0 Å². The number of pyridine rings is 2. The number of hydrogen-bond acceptors (Lipinski definition) is 5. The Morgan fingerprint density at radius 3 is 3.04 bits per heavy atom. The minimum absolute atomic E-state index is 0.0759. The number of fused-ring (bicyclic) bond motifs is 2. The summed E-state index contributed by atoms with van der Waals surface area (Å²) in [4.78, 5) is 23.5. The van der Waals surface area contributed by atoms with Gasteiger partial charge >= 0.3 is 0 Å². The molecule has 7 nitrogen and oxygen atoms in total. The van der Waals surface area contributed by atoms with E-state index < -0.39 is 0 Å². The smallest absolute Gasteiger partial charge is 0.272 e. The Kier molecular flexibility index (Phi) is 5.25. The van der Waals surface area contributed by atoms with E-state index in [1.807, 2.05) is 25.1 Å². The molecule has 3 aromatic heterocycles. The molecule has 3 aromatic rings. The molecule has 4 heterocycles. The van der Waals surface area contributed by atoms with Crippen LogP contribution in [0.1, 0.15) is 41.5 Å². The van der Waals surface area contributed by atoms with Gasteiger partial charge in [0.1, 0.15) is 16.9 Å².